The molecule has 1 aromatic carbocycles. The monoisotopic (exact) mass is 220 g/mol. The molecule has 0 aromatic heterocycles. The molecule has 1 aromatic rings. The Kier molecular flexibility index (Phi) is 2.65. The van der Waals surface area contributed by atoms with Crippen molar-refractivity contribution in [3.8, 4) is 0 Å². The summed E-state index contributed by atoms with van der Waals surface area (Å²) >= 11 is 0. The predicted molar refractivity (Wildman–Crippen MR) is 46.7 cm³/mol. The first kappa shape index (κ1) is 10.4. The molecule has 1 rings (SSSR count). The van der Waals surface area contributed by atoms with Gasteiger partial charge >= 0.3 is 10.4 Å². The van der Waals surface area contributed by atoms with E-state index in [2.05, 4.69) is 0 Å². The molecule has 0 saturated carbocycles. The number of nitrogens with zero attached hydrogens (tertiary/aromatic N) is 1. The van der Waals surface area contributed by atoms with Gasteiger partial charge in [-0.3, -0.25) is 14.8 Å². The molecule has 0 bridgehead atoms. The zero-order valence-electron chi connectivity index (χ0n) is 6.68. The van der Waals surface area contributed by atoms with Gasteiger partial charge in [-0.25, -0.2) is 0 Å². The first-order chi connectivity index (χ1) is 6.38. The normalized spacial score (nSPS) is 10.9. The Bertz CT molecular complexity index is 441. The molecule has 0 aliphatic heterocycles. The van der Waals surface area contributed by atoms with Gasteiger partial charge < -0.3 is 0 Å². The summed E-state index contributed by atoms with van der Waals surface area (Å²) in [5.41, 5.74) is -0.273. The van der Waals surface area contributed by atoms with Crippen LogP contribution in [0.2, 0.25) is 0 Å². The van der Waals surface area contributed by atoms with E-state index in [1.165, 1.54) is 4.72 Å². The van der Waals surface area contributed by atoms with Gasteiger partial charge in [0.1, 0.15) is 0 Å². The van der Waals surface area contributed by atoms with Crippen molar-refractivity contribution in [3.63, 3.8) is 0 Å². The average Bonchev–Trinajstić information content (AvgIpc) is 2.02. The van der Waals surface area contributed by atoms with E-state index in [-0.39, 0.29) is 11.4 Å². The van der Waals surface area contributed by atoms with Crippen molar-refractivity contribution in [2.45, 2.75) is 0 Å². The highest BCUT2D eigenvalue weighted by molar-refractivity contribution is 7.87. The second-order valence-electron chi connectivity index (χ2n) is 2.34. The average molecular weight is 220 g/mol. The maximum atomic E-state index is 12.1. The molecule has 0 spiro atoms. The van der Waals surface area contributed by atoms with Crippen molar-refractivity contribution in [2.75, 3.05) is 4.72 Å². The second-order valence-corrected chi connectivity index (χ2v) is 3.42. The second kappa shape index (κ2) is 3.58. The minimum atomic E-state index is -4.83. The summed E-state index contributed by atoms with van der Waals surface area (Å²) in [7, 11) is -4.83. The number of benzene rings is 1. The predicted octanol–water partition coefficient (Wildman–Crippen LogP) is 1.22. The van der Waals surface area contributed by atoms with Crippen molar-refractivity contribution in [1.82, 2.24) is 0 Å². The number of nitro groups is 1. The standard InChI is InChI=1S/C6H5FN2O4S/c7-14(12,13)8-5-1-3-6(4-2-5)9(10)11/h1-4,8H. The highest BCUT2D eigenvalue weighted by Crippen LogP contribution is 2.16. The van der Waals surface area contributed by atoms with Crippen molar-refractivity contribution >= 4 is 21.8 Å². The minimum absolute atomic E-state index is 0.0712. The van der Waals surface area contributed by atoms with Gasteiger partial charge in [0.15, 0.2) is 0 Å². The Morgan fingerprint density at radius 1 is 1.29 bits per heavy atom. The third-order valence-corrected chi connectivity index (χ3v) is 1.80. The van der Waals surface area contributed by atoms with Crippen LogP contribution in [0, 0.1) is 10.1 Å². The topological polar surface area (TPSA) is 89.3 Å². The van der Waals surface area contributed by atoms with Crippen molar-refractivity contribution < 1.29 is 17.2 Å². The smallest absolute Gasteiger partial charge is 0.258 e. The van der Waals surface area contributed by atoms with Gasteiger partial charge in [-0.05, 0) is 12.1 Å². The molecule has 1 N–H and O–H groups in total. The maximum absolute atomic E-state index is 12.1. The van der Waals surface area contributed by atoms with Crippen LogP contribution in [0.5, 0.6) is 0 Å². The lowest BCUT2D eigenvalue weighted by Gasteiger charge is -1.99. The third kappa shape index (κ3) is 2.98. The van der Waals surface area contributed by atoms with Gasteiger partial charge in [-0.1, -0.05) is 3.89 Å². The molecule has 0 amide bonds. The van der Waals surface area contributed by atoms with E-state index in [9.17, 15) is 22.4 Å². The Labute approximate surface area is 78.9 Å². The lowest BCUT2D eigenvalue weighted by atomic mass is 10.3. The number of hydrogen-bond acceptors (Lipinski definition) is 4. The van der Waals surface area contributed by atoms with Crippen LogP contribution < -0.4 is 4.72 Å². The number of halogens is 1. The van der Waals surface area contributed by atoms with Crippen LogP contribution in [-0.4, -0.2) is 13.3 Å². The molecular weight excluding hydrogens is 215 g/mol. The van der Waals surface area contributed by atoms with Crippen LogP contribution in [0.25, 0.3) is 0 Å². The van der Waals surface area contributed by atoms with Crippen LogP contribution in [0.4, 0.5) is 15.3 Å². The Hall–Kier alpha value is -1.70. The van der Waals surface area contributed by atoms with Gasteiger partial charge in [0, 0.05) is 12.1 Å². The zero-order valence-corrected chi connectivity index (χ0v) is 7.49. The van der Waals surface area contributed by atoms with Gasteiger partial charge in [0.25, 0.3) is 5.69 Å². The third-order valence-electron chi connectivity index (χ3n) is 1.32. The lowest BCUT2D eigenvalue weighted by molar-refractivity contribution is -0.384. The summed E-state index contributed by atoms with van der Waals surface area (Å²) in [6.07, 6.45) is 0. The SMILES string of the molecule is O=[N+]([O-])c1ccc(NS(=O)(=O)F)cc1. The van der Waals surface area contributed by atoms with E-state index < -0.39 is 15.3 Å². The quantitative estimate of drug-likeness (QED) is 0.471. The largest absolute Gasteiger partial charge is 0.396 e. The number of non-ortho nitro benzene ring substituents is 1. The van der Waals surface area contributed by atoms with Gasteiger partial charge in [0.2, 0.25) is 0 Å². The minimum Gasteiger partial charge on any atom is -0.258 e. The van der Waals surface area contributed by atoms with Crippen molar-refractivity contribution in [2.24, 2.45) is 0 Å². The Balaban J connectivity index is 2.90. The molecule has 0 saturated heterocycles. The summed E-state index contributed by atoms with van der Waals surface area (Å²) in [6.45, 7) is 0. The fourth-order valence-corrected chi connectivity index (χ4v) is 1.21. The zero-order chi connectivity index (χ0) is 10.8. The van der Waals surface area contributed by atoms with Crippen molar-refractivity contribution in [1.29, 1.82) is 0 Å². The molecule has 0 atom stereocenters. The van der Waals surface area contributed by atoms with E-state index in [0.717, 1.165) is 24.3 Å². The fourth-order valence-electron chi connectivity index (χ4n) is 0.792. The molecule has 0 aliphatic carbocycles. The molecule has 0 heterocycles. The first-order valence-electron chi connectivity index (χ1n) is 3.35. The number of hydrogen-bond donors (Lipinski definition) is 1. The Morgan fingerprint density at radius 3 is 2.14 bits per heavy atom. The summed E-state index contributed by atoms with van der Waals surface area (Å²) in [6, 6.07) is 4.31. The van der Waals surface area contributed by atoms with Gasteiger partial charge in [0.05, 0.1) is 10.6 Å². The molecule has 0 fully saturated rings. The number of nitro benzene ring substituents is 1. The maximum Gasteiger partial charge on any atom is 0.396 e. The molecule has 76 valence electrons. The summed E-state index contributed by atoms with van der Waals surface area (Å²) in [5, 5.41) is 10.2. The van der Waals surface area contributed by atoms with E-state index in [1.807, 2.05) is 0 Å². The number of anilines is 1. The fraction of sp³-hybridized carbons (Fsp3) is 0. The highest BCUT2D eigenvalue weighted by Gasteiger charge is 2.08. The van der Waals surface area contributed by atoms with Gasteiger partial charge in [-0.15, -0.1) is 0 Å². The lowest BCUT2D eigenvalue weighted by Crippen LogP contribution is -2.05. The van der Waals surface area contributed by atoms with E-state index in [0.29, 0.717) is 0 Å². The van der Waals surface area contributed by atoms with Crippen LogP contribution in [0.1, 0.15) is 0 Å². The summed E-state index contributed by atoms with van der Waals surface area (Å²) in [4.78, 5) is 9.55. The number of rotatable bonds is 3. The van der Waals surface area contributed by atoms with Crippen molar-refractivity contribution in [3.05, 3.63) is 34.4 Å². The molecule has 0 aliphatic rings. The molecule has 6 nitrogen and oxygen atoms in total. The van der Waals surface area contributed by atoms with Crippen LogP contribution >= 0.6 is 0 Å². The molecular formula is C6H5FN2O4S. The highest BCUT2D eigenvalue weighted by atomic mass is 32.3. The van der Waals surface area contributed by atoms with E-state index >= 15 is 0 Å². The van der Waals surface area contributed by atoms with Crippen LogP contribution in [-0.2, 0) is 10.4 Å². The summed E-state index contributed by atoms with van der Waals surface area (Å²) < 4.78 is 33.8. The van der Waals surface area contributed by atoms with Crippen LogP contribution in [0.15, 0.2) is 24.3 Å². The van der Waals surface area contributed by atoms with E-state index in [1.54, 1.807) is 0 Å². The number of nitrogens with one attached hydrogen (secondary N) is 1. The molecule has 0 unspecified atom stereocenters. The van der Waals surface area contributed by atoms with Crippen LogP contribution in [0.3, 0.4) is 0 Å². The van der Waals surface area contributed by atoms with Gasteiger partial charge in [-0.2, -0.15) is 8.42 Å². The molecule has 0 radical (unpaired) electrons. The Morgan fingerprint density at radius 2 is 1.79 bits per heavy atom. The first-order valence-corrected chi connectivity index (χ1v) is 4.74. The molecule has 14 heavy (non-hydrogen) atoms. The molecule has 8 heteroatoms. The van der Waals surface area contributed by atoms with E-state index in [4.69, 9.17) is 0 Å². The summed E-state index contributed by atoms with van der Waals surface area (Å²) in [5.74, 6) is 0.